The van der Waals surface area contributed by atoms with E-state index in [0.29, 0.717) is 29.0 Å². The van der Waals surface area contributed by atoms with Gasteiger partial charge in [0.15, 0.2) is 0 Å². The van der Waals surface area contributed by atoms with Gasteiger partial charge in [0.2, 0.25) is 0 Å². The van der Waals surface area contributed by atoms with Gasteiger partial charge in [-0.25, -0.2) is 9.78 Å². The Morgan fingerprint density at radius 2 is 2.06 bits per heavy atom. The number of halogens is 3. The van der Waals surface area contributed by atoms with E-state index in [-0.39, 0.29) is 5.56 Å². The first-order valence-electron chi connectivity index (χ1n) is 10.1. The smallest absolute Gasteiger partial charge is 0.406 e. The number of hydrogen-bond donors (Lipinski definition) is 1. The van der Waals surface area contributed by atoms with Crippen LogP contribution in [0.3, 0.4) is 0 Å². The van der Waals surface area contributed by atoms with Crippen LogP contribution in [-0.2, 0) is 11.3 Å². The summed E-state index contributed by atoms with van der Waals surface area (Å²) in [4.78, 5) is 18.8. The lowest BCUT2D eigenvalue weighted by atomic mass is 10.1. The predicted molar refractivity (Wildman–Crippen MR) is 121 cm³/mol. The Morgan fingerprint density at radius 3 is 2.79 bits per heavy atom. The fourth-order valence-corrected chi connectivity index (χ4v) is 4.88. The molecule has 1 N–H and O–H groups in total. The van der Waals surface area contributed by atoms with E-state index < -0.39 is 24.9 Å². The van der Waals surface area contributed by atoms with E-state index in [1.807, 2.05) is 34.2 Å². The molecule has 0 radical (unpaired) electrons. The van der Waals surface area contributed by atoms with E-state index in [4.69, 9.17) is 4.74 Å². The van der Waals surface area contributed by atoms with E-state index >= 15 is 0 Å². The summed E-state index contributed by atoms with van der Waals surface area (Å²) in [6.45, 7) is -0.617. The quantitative estimate of drug-likeness (QED) is 0.393. The molecule has 10 heteroatoms. The van der Waals surface area contributed by atoms with Gasteiger partial charge in [-0.05, 0) is 35.7 Å². The molecule has 0 fully saturated rings. The first-order chi connectivity index (χ1) is 15.8. The van der Waals surface area contributed by atoms with Gasteiger partial charge in [-0.1, -0.05) is 18.2 Å². The molecular weight excluding hydrogens is 453 g/mol. The molecule has 170 valence electrons. The number of ether oxygens (including phenoxy) is 1. The number of methoxy groups -OCH3 is 1. The van der Waals surface area contributed by atoms with Crippen LogP contribution in [-0.4, -0.2) is 35.4 Å². The second-order valence-electron chi connectivity index (χ2n) is 7.68. The third kappa shape index (κ3) is 4.02. The van der Waals surface area contributed by atoms with Gasteiger partial charge in [0, 0.05) is 10.4 Å². The molecule has 6 nitrogen and oxygen atoms in total. The Labute approximate surface area is 191 Å². The maximum absolute atomic E-state index is 13.6. The molecule has 1 unspecified atom stereocenters. The number of aromatic nitrogens is 2. The Kier molecular flexibility index (Phi) is 5.24. The van der Waals surface area contributed by atoms with Gasteiger partial charge >= 0.3 is 12.1 Å². The maximum atomic E-state index is 13.6. The van der Waals surface area contributed by atoms with Crippen LogP contribution in [0.4, 0.5) is 24.5 Å². The van der Waals surface area contributed by atoms with E-state index in [1.165, 1.54) is 24.1 Å². The molecule has 4 aromatic rings. The van der Waals surface area contributed by atoms with Crippen LogP contribution in [0.2, 0.25) is 0 Å². The number of carbonyl (C=O) groups is 1. The van der Waals surface area contributed by atoms with Crippen molar-refractivity contribution in [1.29, 1.82) is 0 Å². The molecule has 0 bridgehead atoms. The van der Waals surface area contributed by atoms with Crippen LogP contribution in [0.1, 0.15) is 27.0 Å². The molecular formula is C23H19F3N4O2S. The summed E-state index contributed by atoms with van der Waals surface area (Å²) in [7, 11) is 1.24. The highest BCUT2D eigenvalue weighted by atomic mass is 32.1. The molecule has 1 aliphatic rings. The molecule has 2 aromatic carbocycles. The van der Waals surface area contributed by atoms with Gasteiger partial charge in [-0.3, -0.25) is 0 Å². The van der Waals surface area contributed by atoms with Crippen molar-refractivity contribution in [1.82, 2.24) is 9.55 Å². The van der Waals surface area contributed by atoms with Crippen LogP contribution in [0.15, 0.2) is 60.2 Å². The van der Waals surface area contributed by atoms with Crippen molar-refractivity contribution in [2.45, 2.75) is 18.9 Å². The van der Waals surface area contributed by atoms with Gasteiger partial charge in [0.1, 0.15) is 12.7 Å². The van der Waals surface area contributed by atoms with Gasteiger partial charge in [-0.2, -0.15) is 13.2 Å². The van der Waals surface area contributed by atoms with E-state index in [1.54, 1.807) is 29.8 Å². The Hall–Kier alpha value is -3.53. The normalized spacial score (nSPS) is 15.5. The molecule has 0 aliphatic carbocycles. The van der Waals surface area contributed by atoms with E-state index in [0.717, 1.165) is 10.4 Å². The molecule has 2 aromatic heterocycles. The molecule has 3 heterocycles. The lowest BCUT2D eigenvalue weighted by molar-refractivity contribution is -0.120. The first-order valence-corrected chi connectivity index (χ1v) is 11.0. The predicted octanol–water partition coefficient (Wildman–Crippen LogP) is 5.43. The van der Waals surface area contributed by atoms with E-state index in [2.05, 4.69) is 10.3 Å². The molecule has 0 saturated carbocycles. The lowest BCUT2D eigenvalue weighted by Gasteiger charge is -2.29. The number of carbonyl (C=O) groups excluding carboxylic acids is 1. The molecule has 5 rings (SSSR count). The topological polar surface area (TPSA) is 59.4 Å². The number of nitrogens with one attached hydrogen (secondary N) is 1. The standard InChI is InChI=1S/C23H19F3N4O2S/c1-32-22(31)14-7-8-17-19(10-14)30(12-23(24,25)26)21(28-17)16-5-2-6-18-20(16)29(13-27-18)11-15-4-3-9-33-15/h2-10,13,21,28H,11-12H2,1H3. The summed E-state index contributed by atoms with van der Waals surface area (Å²) in [5, 5.41) is 5.19. The second-order valence-corrected chi connectivity index (χ2v) is 8.71. The van der Waals surface area contributed by atoms with Crippen molar-refractivity contribution >= 4 is 39.7 Å². The van der Waals surface area contributed by atoms with Gasteiger partial charge in [-0.15, -0.1) is 11.3 Å². The summed E-state index contributed by atoms with van der Waals surface area (Å²) in [6.07, 6.45) is -3.54. The minimum atomic E-state index is -4.45. The summed E-state index contributed by atoms with van der Waals surface area (Å²) < 4.78 is 47.6. The number of thiophene rings is 1. The van der Waals surface area contributed by atoms with Crippen molar-refractivity contribution in [2.24, 2.45) is 0 Å². The number of rotatable bonds is 5. The van der Waals surface area contributed by atoms with E-state index in [9.17, 15) is 18.0 Å². The summed E-state index contributed by atoms with van der Waals surface area (Å²) in [6, 6.07) is 14.0. The average Bonchev–Trinajstić information content (AvgIpc) is 3.52. The SMILES string of the molecule is COC(=O)c1ccc2c(c1)N(CC(F)(F)F)C(c1cccc3ncn(Cc4cccs4)c13)N2. The molecule has 0 saturated heterocycles. The molecule has 0 amide bonds. The fraction of sp³-hybridized carbons (Fsp3) is 0.217. The number of nitrogens with zero attached hydrogens (tertiary/aromatic N) is 3. The van der Waals surface area contributed by atoms with Crippen LogP contribution in [0.25, 0.3) is 11.0 Å². The largest absolute Gasteiger partial charge is 0.465 e. The number of fused-ring (bicyclic) bond motifs is 2. The third-order valence-electron chi connectivity index (χ3n) is 5.55. The molecule has 33 heavy (non-hydrogen) atoms. The maximum Gasteiger partial charge on any atom is 0.406 e. The van der Waals surface area contributed by atoms with Crippen molar-refractivity contribution in [3.05, 3.63) is 76.2 Å². The van der Waals surface area contributed by atoms with Crippen molar-refractivity contribution in [2.75, 3.05) is 23.9 Å². The Bertz CT molecular complexity index is 1320. The molecule has 1 aliphatic heterocycles. The lowest BCUT2D eigenvalue weighted by Crippen LogP contribution is -2.37. The Morgan fingerprint density at radius 1 is 1.21 bits per heavy atom. The average molecular weight is 472 g/mol. The number of esters is 1. The molecule has 1 atom stereocenters. The zero-order chi connectivity index (χ0) is 23.2. The number of imidazole rings is 1. The number of anilines is 2. The highest BCUT2D eigenvalue weighted by molar-refractivity contribution is 7.09. The van der Waals surface area contributed by atoms with Crippen molar-refractivity contribution in [3.63, 3.8) is 0 Å². The summed E-state index contributed by atoms with van der Waals surface area (Å²) in [5.41, 5.74) is 3.12. The second kappa shape index (κ2) is 8.11. The van der Waals surface area contributed by atoms with Crippen molar-refractivity contribution in [3.8, 4) is 0 Å². The monoisotopic (exact) mass is 472 g/mol. The summed E-state index contributed by atoms with van der Waals surface area (Å²) in [5.74, 6) is -0.607. The zero-order valence-corrected chi connectivity index (χ0v) is 18.3. The third-order valence-corrected chi connectivity index (χ3v) is 6.41. The van der Waals surface area contributed by atoms with Crippen LogP contribution in [0, 0.1) is 0 Å². The highest BCUT2D eigenvalue weighted by Gasteiger charge is 2.40. The fourth-order valence-electron chi connectivity index (χ4n) is 4.18. The number of alkyl halides is 3. The van der Waals surface area contributed by atoms with Crippen LogP contribution < -0.4 is 10.2 Å². The minimum absolute atomic E-state index is 0.187. The minimum Gasteiger partial charge on any atom is -0.465 e. The van der Waals surface area contributed by atoms with Crippen LogP contribution in [0.5, 0.6) is 0 Å². The summed E-state index contributed by atoms with van der Waals surface area (Å²) >= 11 is 1.61. The highest BCUT2D eigenvalue weighted by Crippen LogP contribution is 2.44. The first kappa shape index (κ1) is 21.3. The molecule has 0 spiro atoms. The number of benzene rings is 2. The number of hydrogen-bond acceptors (Lipinski definition) is 6. The zero-order valence-electron chi connectivity index (χ0n) is 17.5. The number of para-hydroxylation sites is 1. The van der Waals surface area contributed by atoms with Gasteiger partial charge in [0.25, 0.3) is 0 Å². The van der Waals surface area contributed by atoms with Crippen molar-refractivity contribution < 1.29 is 22.7 Å². The van der Waals surface area contributed by atoms with Gasteiger partial charge in [0.05, 0.1) is 48.0 Å². The Balaban J connectivity index is 1.61. The van der Waals surface area contributed by atoms with Gasteiger partial charge < -0.3 is 19.5 Å². The van der Waals surface area contributed by atoms with Crippen LogP contribution >= 0.6 is 11.3 Å².